The SMILES string of the molecule is Cl.Cl.c1ccc2c(c1)CCc1ccccc1C2NCCN1CCC2(CC1)OCCc1ccccc12. The highest BCUT2D eigenvalue weighted by molar-refractivity contribution is 5.85. The molecule has 1 saturated heterocycles. The first-order chi connectivity index (χ1) is 16.3. The quantitative estimate of drug-likeness (QED) is 0.474. The van der Waals surface area contributed by atoms with E-state index in [4.69, 9.17) is 4.74 Å². The molecule has 5 heteroatoms. The third kappa shape index (κ3) is 5.16. The molecule has 2 heterocycles. The number of likely N-dealkylation sites (tertiary alicyclic amines) is 1. The smallest absolute Gasteiger partial charge is 0.0958 e. The topological polar surface area (TPSA) is 24.5 Å². The summed E-state index contributed by atoms with van der Waals surface area (Å²) in [6.07, 6.45) is 5.50. The van der Waals surface area contributed by atoms with Crippen LogP contribution in [0.5, 0.6) is 0 Å². The third-order valence-corrected chi connectivity index (χ3v) is 8.09. The van der Waals surface area contributed by atoms with Gasteiger partial charge in [0, 0.05) is 26.2 Å². The molecule has 0 bridgehead atoms. The molecule has 1 spiro atoms. The van der Waals surface area contributed by atoms with Gasteiger partial charge in [0.2, 0.25) is 0 Å². The average Bonchev–Trinajstić information content (AvgIpc) is 3.03. The van der Waals surface area contributed by atoms with Crippen molar-refractivity contribution in [2.75, 3.05) is 32.8 Å². The van der Waals surface area contributed by atoms with Crippen LogP contribution in [0.4, 0.5) is 0 Å². The first-order valence-electron chi connectivity index (χ1n) is 12.7. The molecule has 0 saturated carbocycles. The maximum absolute atomic E-state index is 6.43. The number of benzene rings is 3. The molecule has 3 aromatic rings. The number of nitrogens with one attached hydrogen (secondary N) is 1. The summed E-state index contributed by atoms with van der Waals surface area (Å²) in [6.45, 7) is 5.15. The minimum Gasteiger partial charge on any atom is -0.370 e. The lowest BCUT2D eigenvalue weighted by Crippen LogP contribution is -2.48. The van der Waals surface area contributed by atoms with Gasteiger partial charge in [0.25, 0.3) is 0 Å². The number of halogens is 2. The van der Waals surface area contributed by atoms with Gasteiger partial charge in [-0.2, -0.15) is 0 Å². The monoisotopic (exact) mass is 510 g/mol. The lowest BCUT2D eigenvalue weighted by molar-refractivity contribution is -0.0977. The number of aryl methyl sites for hydroxylation is 2. The molecule has 1 aliphatic carbocycles. The molecule has 6 rings (SSSR count). The second-order valence-corrected chi connectivity index (χ2v) is 9.88. The van der Waals surface area contributed by atoms with E-state index in [1.807, 2.05) is 0 Å². The van der Waals surface area contributed by atoms with E-state index in [0.29, 0.717) is 0 Å². The van der Waals surface area contributed by atoms with Gasteiger partial charge in [-0.1, -0.05) is 72.8 Å². The molecule has 35 heavy (non-hydrogen) atoms. The van der Waals surface area contributed by atoms with Crippen LogP contribution in [0.1, 0.15) is 52.3 Å². The maximum Gasteiger partial charge on any atom is 0.0958 e. The Balaban J connectivity index is 0.00000144. The highest BCUT2D eigenvalue weighted by atomic mass is 35.5. The fourth-order valence-corrected chi connectivity index (χ4v) is 6.28. The lowest BCUT2D eigenvalue weighted by atomic mass is 9.79. The van der Waals surface area contributed by atoms with Crippen LogP contribution in [0.3, 0.4) is 0 Å². The van der Waals surface area contributed by atoms with Gasteiger partial charge in [0.05, 0.1) is 18.2 Å². The third-order valence-electron chi connectivity index (χ3n) is 8.09. The van der Waals surface area contributed by atoms with Gasteiger partial charge in [0.15, 0.2) is 0 Å². The van der Waals surface area contributed by atoms with Gasteiger partial charge < -0.3 is 15.0 Å². The number of hydrogen-bond donors (Lipinski definition) is 1. The van der Waals surface area contributed by atoms with E-state index in [0.717, 1.165) is 64.9 Å². The number of rotatable bonds is 4. The average molecular weight is 512 g/mol. The number of nitrogens with zero attached hydrogens (tertiary/aromatic N) is 1. The number of hydrogen-bond acceptors (Lipinski definition) is 3. The fraction of sp³-hybridized carbons (Fsp3) is 0.400. The Morgan fingerprint density at radius 1 is 0.743 bits per heavy atom. The molecule has 186 valence electrons. The van der Waals surface area contributed by atoms with E-state index >= 15 is 0 Å². The summed E-state index contributed by atoms with van der Waals surface area (Å²) in [6, 6.07) is 27.2. The highest BCUT2D eigenvalue weighted by Crippen LogP contribution is 2.41. The Hall–Kier alpha value is -1.88. The molecule has 1 fully saturated rings. The fourth-order valence-electron chi connectivity index (χ4n) is 6.28. The van der Waals surface area contributed by atoms with Crippen molar-refractivity contribution < 1.29 is 4.74 Å². The van der Waals surface area contributed by atoms with Gasteiger partial charge in [-0.05, 0) is 65.5 Å². The van der Waals surface area contributed by atoms with E-state index in [1.54, 1.807) is 0 Å². The Morgan fingerprint density at radius 2 is 1.31 bits per heavy atom. The zero-order valence-electron chi connectivity index (χ0n) is 20.2. The Kier molecular flexibility index (Phi) is 8.57. The van der Waals surface area contributed by atoms with Crippen molar-refractivity contribution in [2.45, 2.75) is 43.7 Å². The van der Waals surface area contributed by atoms with Gasteiger partial charge in [0.1, 0.15) is 0 Å². The Bertz CT molecular complexity index is 1080. The summed E-state index contributed by atoms with van der Waals surface area (Å²) < 4.78 is 6.43. The van der Waals surface area contributed by atoms with Crippen molar-refractivity contribution in [1.82, 2.24) is 10.2 Å². The first-order valence-corrected chi connectivity index (χ1v) is 12.7. The highest BCUT2D eigenvalue weighted by Gasteiger charge is 2.40. The lowest BCUT2D eigenvalue weighted by Gasteiger charge is -2.45. The molecule has 0 radical (unpaired) electrons. The van der Waals surface area contributed by atoms with Crippen molar-refractivity contribution >= 4 is 24.8 Å². The molecule has 2 aliphatic heterocycles. The van der Waals surface area contributed by atoms with Gasteiger partial charge >= 0.3 is 0 Å². The number of fused-ring (bicyclic) bond motifs is 4. The standard InChI is InChI=1S/C30H34N2O.2ClH/c1-4-10-26-23(7-1)13-14-24-8-2-5-11-27(24)29(26)31-18-21-32-19-16-30(17-20-32)28-12-6-3-9-25(28)15-22-33-30;;/h1-12,29,31H,13-22H2;2*1H. The van der Waals surface area contributed by atoms with Gasteiger partial charge in [-0.3, -0.25) is 0 Å². The molecule has 0 atom stereocenters. The van der Waals surface area contributed by atoms with E-state index in [-0.39, 0.29) is 36.5 Å². The normalized spacial score (nSPS) is 18.9. The molecule has 3 nitrogen and oxygen atoms in total. The van der Waals surface area contributed by atoms with E-state index in [9.17, 15) is 0 Å². The molecule has 0 amide bonds. The molecular formula is C30H36Cl2N2O. The van der Waals surface area contributed by atoms with E-state index in [1.165, 1.54) is 33.4 Å². The summed E-state index contributed by atoms with van der Waals surface area (Å²) >= 11 is 0. The zero-order chi connectivity index (χ0) is 22.1. The van der Waals surface area contributed by atoms with Crippen molar-refractivity contribution in [1.29, 1.82) is 0 Å². The van der Waals surface area contributed by atoms with Gasteiger partial charge in [-0.25, -0.2) is 0 Å². The summed E-state index contributed by atoms with van der Waals surface area (Å²) in [7, 11) is 0. The van der Waals surface area contributed by atoms with E-state index < -0.39 is 0 Å². The summed E-state index contributed by atoms with van der Waals surface area (Å²) in [5, 5.41) is 3.94. The Labute approximate surface area is 222 Å². The molecule has 1 N–H and O–H groups in total. The molecule has 3 aromatic carbocycles. The zero-order valence-corrected chi connectivity index (χ0v) is 21.9. The van der Waals surface area contributed by atoms with Crippen LogP contribution in [0.2, 0.25) is 0 Å². The van der Waals surface area contributed by atoms with Crippen LogP contribution in [0, 0.1) is 0 Å². The summed E-state index contributed by atoms with van der Waals surface area (Å²) in [5.74, 6) is 0. The van der Waals surface area contributed by atoms with Crippen LogP contribution in [-0.4, -0.2) is 37.7 Å². The van der Waals surface area contributed by atoms with Gasteiger partial charge in [-0.15, -0.1) is 24.8 Å². The predicted molar refractivity (Wildman–Crippen MR) is 148 cm³/mol. The van der Waals surface area contributed by atoms with Crippen LogP contribution < -0.4 is 5.32 Å². The van der Waals surface area contributed by atoms with Crippen molar-refractivity contribution in [3.05, 3.63) is 106 Å². The van der Waals surface area contributed by atoms with Crippen LogP contribution >= 0.6 is 24.8 Å². The minimum atomic E-state index is -0.0576. The van der Waals surface area contributed by atoms with Crippen molar-refractivity contribution in [3.8, 4) is 0 Å². The largest absolute Gasteiger partial charge is 0.370 e. The molecule has 3 aliphatic rings. The Morgan fingerprint density at radius 3 is 1.97 bits per heavy atom. The second kappa shape index (κ2) is 11.5. The second-order valence-electron chi connectivity index (χ2n) is 9.88. The molecule has 0 aromatic heterocycles. The first kappa shape index (κ1) is 26.2. The van der Waals surface area contributed by atoms with Crippen LogP contribution in [0.25, 0.3) is 0 Å². The number of ether oxygens (including phenoxy) is 1. The van der Waals surface area contributed by atoms with Crippen LogP contribution in [0.15, 0.2) is 72.8 Å². The minimum absolute atomic E-state index is 0. The molecular weight excluding hydrogens is 475 g/mol. The molecule has 0 unspecified atom stereocenters. The van der Waals surface area contributed by atoms with E-state index in [2.05, 4.69) is 83.0 Å². The van der Waals surface area contributed by atoms with Crippen molar-refractivity contribution in [2.24, 2.45) is 0 Å². The van der Waals surface area contributed by atoms with Crippen molar-refractivity contribution in [3.63, 3.8) is 0 Å². The predicted octanol–water partition coefficient (Wildman–Crippen LogP) is 5.87. The summed E-state index contributed by atoms with van der Waals surface area (Å²) in [5.41, 5.74) is 8.75. The van der Waals surface area contributed by atoms with Crippen LogP contribution in [-0.2, 0) is 29.6 Å². The number of piperidine rings is 1. The maximum atomic E-state index is 6.43. The summed E-state index contributed by atoms with van der Waals surface area (Å²) in [4.78, 5) is 2.62.